The van der Waals surface area contributed by atoms with Crippen LogP contribution in [0.2, 0.25) is 0 Å². The van der Waals surface area contributed by atoms with Crippen LogP contribution in [0.5, 0.6) is 0 Å². The third kappa shape index (κ3) is 3.93. The van der Waals surface area contributed by atoms with Crippen LogP contribution in [0.1, 0.15) is 37.2 Å². The number of rotatable bonds is 6. The number of nitrogens with zero attached hydrogens (tertiary/aromatic N) is 3. The first-order chi connectivity index (χ1) is 9.97. The minimum atomic E-state index is -0.00758. The van der Waals surface area contributed by atoms with Gasteiger partial charge in [0.1, 0.15) is 0 Å². The molecule has 0 saturated heterocycles. The number of carbonyl (C=O) groups excluding carboxylic acids is 1. The van der Waals surface area contributed by atoms with E-state index >= 15 is 0 Å². The number of anilines is 1. The summed E-state index contributed by atoms with van der Waals surface area (Å²) in [6, 6.07) is 0. The van der Waals surface area contributed by atoms with Crippen molar-refractivity contribution < 1.29 is 4.79 Å². The van der Waals surface area contributed by atoms with Gasteiger partial charge < -0.3 is 5.32 Å². The van der Waals surface area contributed by atoms with Crippen molar-refractivity contribution in [3.05, 3.63) is 29.3 Å². The van der Waals surface area contributed by atoms with E-state index in [4.69, 9.17) is 0 Å². The average Bonchev–Trinajstić information content (AvgIpc) is 2.97. The molecule has 114 valence electrons. The topological polar surface area (TPSA) is 75.6 Å². The minimum Gasteiger partial charge on any atom is -0.323 e. The molecule has 0 unspecified atom stereocenters. The maximum absolute atomic E-state index is 11.9. The summed E-state index contributed by atoms with van der Waals surface area (Å²) in [6.07, 6.45) is 4.41. The van der Waals surface area contributed by atoms with Crippen molar-refractivity contribution in [3.8, 4) is 0 Å². The molecule has 0 radical (unpaired) electrons. The van der Waals surface area contributed by atoms with Gasteiger partial charge in [-0.05, 0) is 31.7 Å². The lowest BCUT2D eigenvalue weighted by atomic mass is 10.1. The fraction of sp³-hybridized carbons (Fsp3) is 0.533. The van der Waals surface area contributed by atoms with E-state index in [0.717, 1.165) is 17.9 Å². The van der Waals surface area contributed by atoms with Crippen molar-refractivity contribution in [2.75, 3.05) is 5.32 Å². The van der Waals surface area contributed by atoms with Crippen LogP contribution in [-0.2, 0) is 17.8 Å². The van der Waals surface area contributed by atoms with Crippen molar-refractivity contribution in [1.29, 1.82) is 0 Å². The Morgan fingerprint density at radius 2 is 2.19 bits per heavy atom. The molecule has 0 saturated carbocycles. The van der Waals surface area contributed by atoms with Gasteiger partial charge in [0, 0.05) is 24.9 Å². The SMILES string of the molecule is Cc1nn(CC(C)C)c(C)c1CCC(=O)Nc1cn[nH]c1. The molecular formula is C15H23N5O. The molecule has 0 spiro atoms. The van der Waals surface area contributed by atoms with Crippen LogP contribution in [0.4, 0.5) is 5.69 Å². The third-order valence-electron chi connectivity index (χ3n) is 3.45. The van der Waals surface area contributed by atoms with Gasteiger partial charge in [0.05, 0.1) is 17.6 Å². The van der Waals surface area contributed by atoms with Gasteiger partial charge in [-0.15, -0.1) is 0 Å². The zero-order chi connectivity index (χ0) is 15.4. The van der Waals surface area contributed by atoms with Crippen LogP contribution in [0, 0.1) is 19.8 Å². The van der Waals surface area contributed by atoms with Crippen molar-refractivity contribution in [2.45, 2.75) is 47.1 Å². The number of hydrogen-bond acceptors (Lipinski definition) is 3. The predicted molar refractivity (Wildman–Crippen MR) is 82.1 cm³/mol. The Morgan fingerprint density at radius 1 is 1.43 bits per heavy atom. The highest BCUT2D eigenvalue weighted by Gasteiger charge is 2.14. The summed E-state index contributed by atoms with van der Waals surface area (Å²) >= 11 is 0. The Balaban J connectivity index is 1.96. The van der Waals surface area contributed by atoms with Crippen LogP contribution in [0.15, 0.2) is 12.4 Å². The Hall–Kier alpha value is -2.11. The number of aryl methyl sites for hydroxylation is 1. The van der Waals surface area contributed by atoms with E-state index in [0.29, 0.717) is 24.4 Å². The van der Waals surface area contributed by atoms with E-state index in [-0.39, 0.29) is 5.91 Å². The Kier molecular flexibility index (Phi) is 4.77. The molecule has 0 aliphatic carbocycles. The molecule has 21 heavy (non-hydrogen) atoms. The molecule has 2 aromatic rings. The number of amides is 1. The fourth-order valence-corrected chi connectivity index (χ4v) is 2.40. The average molecular weight is 289 g/mol. The molecule has 0 aliphatic rings. The summed E-state index contributed by atoms with van der Waals surface area (Å²) in [5.41, 5.74) is 4.06. The van der Waals surface area contributed by atoms with Crippen LogP contribution < -0.4 is 5.32 Å². The molecule has 2 heterocycles. The zero-order valence-electron chi connectivity index (χ0n) is 13.1. The van der Waals surface area contributed by atoms with E-state index in [1.165, 1.54) is 5.56 Å². The predicted octanol–water partition coefficient (Wildman–Crippen LogP) is 2.45. The van der Waals surface area contributed by atoms with Crippen molar-refractivity contribution in [3.63, 3.8) is 0 Å². The smallest absolute Gasteiger partial charge is 0.224 e. The third-order valence-corrected chi connectivity index (χ3v) is 3.45. The molecule has 0 aliphatic heterocycles. The van der Waals surface area contributed by atoms with Crippen molar-refractivity contribution >= 4 is 11.6 Å². The highest BCUT2D eigenvalue weighted by molar-refractivity contribution is 5.90. The largest absolute Gasteiger partial charge is 0.323 e. The van der Waals surface area contributed by atoms with E-state index in [2.05, 4.69) is 41.4 Å². The molecule has 0 bridgehead atoms. The maximum atomic E-state index is 11.9. The number of aromatic nitrogens is 4. The van der Waals surface area contributed by atoms with Gasteiger partial charge in [-0.3, -0.25) is 14.6 Å². The highest BCUT2D eigenvalue weighted by atomic mass is 16.1. The van der Waals surface area contributed by atoms with E-state index in [1.807, 2.05) is 11.6 Å². The summed E-state index contributed by atoms with van der Waals surface area (Å²) in [4.78, 5) is 11.9. The quantitative estimate of drug-likeness (QED) is 0.857. The molecule has 2 N–H and O–H groups in total. The lowest BCUT2D eigenvalue weighted by Gasteiger charge is -2.08. The normalized spacial score (nSPS) is 11.1. The van der Waals surface area contributed by atoms with Gasteiger partial charge in [-0.2, -0.15) is 10.2 Å². The monoisotopic (exact) mass is 289 g/mol. The summed E-state index contributed by atoms with van der Waals surface area (Å²) in [7, 11) is 0. The number of aromatic amines is 1. The summed E-state index contributed by atoms with van der Waals surface area (Å²) < 4.78 is 2.04. The second-order valence-corrected chi connectivity index (χ2v) is 5.76. The van der Waals surface area contributed by atoms with Crippen LogP contribution in [0.3, 0.4) is 0 Å². The standard InChI is InChI=1S/C15H23N5O/c1-10(2)9-20-12(4)14(11(3)19-20)5-6-15(21)18-13-7-16-17-8-13/h7-8,10H,5-6,9H2,1-4H3,(H,16,17)(H,18,21). The second-order valence-electron chi connectivity index (χ2n) is 5.76. The maximum Gasteiger partial charge on any atom is 0.224 e. The molecular weight excluding hydrogens is 266 g/mol. The zero-order valence-corrected chi connectivity index (χ0v) is 13.1. The number of nitrogens with one attached hydrogen (secondary N) is 2. The Bertz CT molecular complexity index is 598. The molecule has 6 nitrogen and oxygen atoms in total. The van der Waals surface area contributed by atoms with E-state index in [1.54, 1.807) is 12.4 Å². The van der Waals surface area contributed by atoms with Gasteiger partial charge in [-0.25, -0.2) is 0 Å². The molecule has 6 heteroatoms. The molecule has 0 fully saturated rings. The summed E-state index contributed by atoms with van der Waals surface area (Å²) in [6.45, 7) is 9.34. The van der Waals surface area contributed by atoms with Crippen LogP contribution in [-0.4, -0.2) is 25.9 Å². The van der Waals surface area contributed by atoms with Gasteiger partial charge in [0.2, 0.25) is 5.91 Å². The van der Waals surface area contributed by atoms with Gasteiger partial charge in [-0.1, -0.05) is 13.8 Å². The number of H-pyrrole nitrogens is 1. The highest BCUT2D eigenvalue weighted by Crippen LogP contribution is 2.17. The van der Waals surface area contributed by atoms with Crippen molar-refractivity contribution in [2.24, 2.45) is 5.92 Å². The van der Waals surface area contributed by atoms with Gasteiger partial charge in [0.15, 0.2) is 0 Å². The van der Waals surface area contributed by atoms with Crippen LogP contribution >= 0.6 is 0 Å². The molecule has 2 rings (SSSR count). The Morgan fingerprint density at radius 3 is 2.81 bits per heavy atom. The Labute approximate surface area is 124 Å². The second kappa shape index (κ2) is 6.56. The van der Waals surface area contributed by atoms with Gasteiger partial charge >= 0.3 is 0 Å². The fourth-order valence-electron chi connectivity index (χ4n) is 2.40. The first-order valence-corrected chi connectivity index (χ1v) is 7.29. The first-order valence-electron chi connectivity index (χ1n) is 7.29. The lowest BCUT2D eigenvalue weighted by Crippen LogP contribution is -2.12. The first kappa shape index (κ1) is 15.3. The minimum absolute atomic E-state index is 0.00758. The van der Waals surface area contributed by atoms with Crippen molar-refractivity contribution in [1.82, 2.24) is 20.0 Å². The van der Waals surface area contributed by atoms with E-state index < -0.39 is 0 Å². The lowest BCUT2D eigenvalue weighted by molar-refractivity contribution is -0.116. The molecule has 2 aromatic heterocycles. The number of carbonyl (C=O) groups is 1. The molecule has 0 aromatic carbocycles. The molecule has 1 amide bonds. The molecule has 0 atom stereocenters. The van der Waals surface area contributed by atoms with Crippen LogP contribution in [0.25, 0.3) is 0 Å². The summed E-state index contributed by atoms with van der Waals surface area (Å²) in [5.74, 6) is 0.548. The van der Waals surface area contributed by atoms with E-state index in [9.17, 15) is 4.79 Å². The number of hydrogen-bond donors (Lipinski definition) is 2. The summed E-state index contributed by atoms with van der Waals surface area (Å²) in [5, 5.41) is 13.9. The van der Waals surface area contributed by atoms with Gasteiger partial charge in [0.25, 0.3) is 0 Å².